The van der Waals surface area contributed by atoms with E-state index in [1.165, 1.54) is 13.2 Å². The number of aliphatic imine (C=N–C) groups is 1. The standard InChI is InChI=1S/C25H29N5O5/c1-14(12-18(30-23(27)28-2)15-9-11-29-19(26)13-15)8-10-24-20(31)16-6-4-5-7-17(16)21(32)25(24,35-24)22(33)34-3/h4-9,13,18,29H,10-12,26H2,1-3H3,(H3,27,28,30). The van der Waals surface area contributed by atoms with E-state index in [9.17, 15) is 14.4 Å². The number of hydrogen-bond donors (Lipinski definition) is 4. The van der Waals surface area contributed by atoms with Crippen molar-refractivity contribution < 1.29 is 23.9 Å². The summed E-state index contributed by atoms with van der Waals surface area (Å²) in [6.45, 7) is 2.47. The van der Waals surface area contributed by atoms with Gasteiger partial charge in [-0.2, -0.15) is 0 Å². The molecule has 4 rings (SSSR count). The van der Waals surface area contributed by atoms with E-state index in [1.54, 1.807) is 25.2 Å². The molecule has 3 aliphatic rings. The number of rotatable bonds is 7. The lowest BCUT2D eigenvalue weighted by Gasteiger charge is -2.25. The molecule has 184 valence electrons. The van der Waals surface area contributed by atoms with Crippen LogP contribution in [0.3, 0.4) is 0 Å². The van der Waals surface area contributed by atoms with Crippen molar-refractivity contribution in [2.45, 2.75) is 37.0 Å². The zero-order valence-corrected chi connectivity index (χ0v) is 19.9. The number of carbonyl (C=O) groups is 3. The van der Waals surface area contributed by atoms with Gasteiger partial charge in [-0.1, -0.05) is 42.0 Å². The predicted octanol–water partition coefficient (Wildman–Crippen LogP) is 0.705. The molecule has 0 saturated carbocycles. The van der Waals surface area contributed by atoms with Gasteiger partial charge in [0, 0.05) is 31.1 Å². The number of fused-ring (bicyclic) bond motifs is 2. The van der Waals surface area contributed by atoms with Crippen LogP contribution in [0.1, 0.15) is 40.5 Å². The number of hydrogen-bond acceptors (Lipinski definition) is 8. The number of nitrogens with two attached hydrogens (primary N) is 2. The largest absolute Gasteiger partial charge is 0.466 e. The number of Topliss-reactive ketones (excluding diaryl/α,β-unsaturated/α-hetero) is 2. The van der Waals surface area contributed by atoms with Crippen LogP contribution in [0, 0.1) is 0 Å². The van der Waals surface area contributed by atoms with Gasteiger partial charge >= 0.3 is 5.97 Å². The maximum Gasteiger partial charge on any atom is 0.350 e. The van der Waals surface area contributed by atoms with Gasteiger partial charge in [-0.3, -0.25) is 14.6 Å². The van der Waals surface area contributed by atoms with Gasteiger partial charge in [-0.25, -0.2) is 4.79 Å². The quantitative estimate of drug-likeness (QED) is 0.110. The normalized spacial score (nSPS) is 26.5. The van der Waals surface area contributed by atoms with Crippen LogP contribution < -0.4 is 22.1 Å². The third-order valence-corrected chi connectivity index (χ3v) is 6.63. The van der Waals surface area contributed by atoms with E-state index < -0.39 is 28.7 Å². The molecule has 1 fully saturated rings. The Morgan fingerprint density at radius 2 is 2.00 bits per heavy atom. The minimum atomic E-state index is -1.96. The monoisotopic (exact) mass is 479 g/mol. The Morgan fingerprint density at radius 1 is 1.31 bits per heavy atom. The number of nitrogens with zero attached hydrogens (tertiary/aromatic N) is 1. The molecular weight excluding hydrogens is 450 g/mol. The van der Waals surface area contributed by atoms with Gasteiger partial charge in [0.15, 0.2) is 17.3 Å². The zero-order valence-electron chi connectivity index (χ0n) is 19.9. The molecule has 10 heteroatoms. The highest BCUT2D eigenvalue weighted by Crippen LogP contribution is 2.58. The van der Waals surface area contributed by atoms with Gasteiger partial charge in [0.25, 0.3) is 5.60 Å². The second kappa shape index (κ2) is 9.03. The summed E-state index contributed by atoms with van der Waals surface area (Å²) >= 11 is 0. The summed E-state index contributed by atoms with van der Waals surface area (Å²) < 4.78 is 10.6. The van der Waals surface area contributed by atoms with Crippen LogP contribution in [0.25, 0.3) is 0 Å². The first kappa shape index (κ1) is 24.2. The summed E-state index contributed by atoms with van der Waals surface area (Å²) in [5, 5.41) is 6.21. The first-order chi connectivity index (χ1) is 16.7. The molecule has 3 atom stereocenters. The average molecular weight is 480 g/mol. The SMILES string of the molecule is CN=C(N)NC(CC(C)=CCC12OC1(C(=O)OC)C(=O)c1ccccc1C2=O)C1=CCNC(N)=C1. The Balaban J connectivity index is 1.62. The summed E-state index contributed by atoms with van der Waals surface area (Å²) in [7, 11) is 2.76. The van der Waals surface area contributed by atoms with Crippen molar-refractivity contribution in [3.05, 3.63) is 70.6 Å². The number of dihydropyridines is 1. The fraction of sp³-hybridized carbons (Fsp3) is 0.360. The second-order valence-electron chi connectivity index (χ2n) is 8.75. The minimum Gasteiger partial charge on any atom is -0.466 e. The summed E-state index contributed by atoms with van der Waals surface area (Å²) in [6, 6.07) is 6.18. The Hall–Kier alpha value is -3.92. The van der Waals surface area contributed by atoms with E-state index in [0.717, 1.165) is 11.1 Å². The molecule has 1 aromatic carbocycles. The topological polar surface area (TPSA) is 161 Å². The van der Waals surface area contributed by atoms with E-state index in [4.69, 9.17) is 20.9 Å². The van der Waals surface area contributed by atoms with Crippen molar-refractivity contribution >= 4 is 23.5 Å². The molecule has 0 bridgehead atoms. The van der Waals surface area contributed by atoms with Crippen LogP contribution in [0.15, 0.2) is 64.5 Å². The summed E-state index contributed by atoms with van der Waals surface area (Å²) in [5.74, 6) is -1.02. The molecule has 3 unspecified atom stereocenters. The van der Waals surface area contributed by atoms with Crippen LogP contribution in [-0.4, -0.2) is 61.4 Å². The van der Waals surface area contributed by atoms with Crippen LogP contribution in [0.5, 0.6) is 0 Å². The molecule has 1 aliphatic carbocycles. The van der Waals surface area contributed by atoms with Gasteiger partial charge in [0.1, 0.15) is 0 Å². The van der Waals surface area contributed by atoms with E-state index >= 15 is 0 Å². The summed E-state index contributed by atoms with van der Waals surface area (Å²) in [4.78, 5) is 43.4. The molecule has 6 N–H and O–H groups in total. The number of ketones is 2. The fourth-order valence-corrected chi connectivity index (χ4v) is 4.72. The van der Waals surface area contributed by atoms with E-state index in [2.05, 4.69) is 15.6 Å². The molecule has 10 nitrogen and oxygen atoms in total. The van der Waals surface area contributed by atoms with Crippen molar-refractivity contribution in [3.8, 4) is 0 Å². The highest BCUT2D eigenvalue weighted by atomic mass is 16.7. The van der Waals surface area contributed by atoms with Gasteiger partial charge in [0.2, 0.25) is 5.78 Å². The Morgan fingerprint density at radius 3 is 2.63 bits per heavy atom. The summed E-state index contributed by atoms with van der Waals surface area (Å²) in [5.41, 5.74) is 10.5. The number of esters is 1. The zero-order chi connectivity index (χ0) is 25.4. The lowest BCUT2D eigenvalue weighted by Crippen LogP contribution is -2.50. The number of carbonyl (C=O) groups excluding carboxylic acids is 3. The lowest BCUT2D eigenvalue weighted by molar-refractivity contribution is -0.145. The number of guanidine groups is 1. The smallest absolute Gasteiger partial charge is 0.350 e. The minimum absolute atomic E-state index is 0.0372. The molecule has 1 aromatic rings. The van der Waals surface area contributed by atoms with Gasteiger partial charge in [-0.15, -0.1) is 0 Å². The van der Waals surface area contributed by atoms with Gasteiger partial charge < -0.3 is 31.6 Å². The molecule has 35 heavy (non-hydrogen) atoms. The van der Waals surface area contributed by atoms with Gasteiger partial charge in [-0.05, 0) is 25.0 Å². The number of nitrogens with one attached hydrogen (secondary N) is 2. The fourth-order valence-electron chi connectivity index (χ4n) is 4.72. The third kappa shape index (κ3) is 3.89. The Kier molecular flexibility index (Phi) is 6.25. The molecule has 2 heterocycles. The number of epoxide rings is 1. The lowest BCUT2D eigenvalue weighted by atomic mass is 9.72. The van der Waals surface area contributed by atoms with Crippen LogP contribution in [0.2, 0.25) is 0 Å². The van der Waals surface area contributed by atoms with Crippen molar-refractivity contribution in [1.29, 1.82) is 0 Å². The number of benzene rings is 1. The van der Waals surface area contributed by atoms with Crippen molar-refractivity contribution in [2.24, 2.45) is 16.5 Å². The van der Waals surface area contributed by atoms with Crippen LogP contribution in [-0.2, 0) is 14.3 Å². The van der Waals surface area contributed by atoms with E-state index in [-0.39, 0.29) is 29.5 Å². The second-order valence-corrected chi connectivity index (χ2v) is 8.75. The van der Waals surface area contributed by atoms with Crippen LogP contribution >= 0.6 is 0 Å². The Bertz CT molecular complexity index is 1220. The van der Waals surface area contributed by atoms with Crippen molar-refractivity contribution in [2.75, 3.05) is 20.7 Å². The predicted molar refractivity (Wildman–Crippen MR) is 129 cm³/mol. The number of ether oxygens (including phenoxy) is 2. The highest BCUT2D eigenvalue weighted by molar-refractivity contribution is 6.32. The maximum absolute atomic E-state index is 13.5. The molecule has 1 saturated heterocycles. The molecule has 0 radical (unpaired) electrons. The molecular formula is C25H29N5O5. The van der Waals surface area contributed by atoms with Crippen LogP contribution in [0.4, 0.5) is 0 Å². The van der Waals surface area contributed by atoms with Crippen molar-refractivity contribution in [1.82, 2.24) is 10.6 Å². The van der Waals surface area contributed by atoms with Gasteiger partial charge in [0.05, 0.1) is 19.0 Å². The number of methoxy groups -OCH3 is 1. The third-order valence-electron chi connectivity index (χ3n) is 6.63. The highest BCUT2D eigenvalue weighted by Gasteiger charge is 2.85. The van der Waals surface area contributed by atoms with Crippen molar-refractivity contribution in [3.63, 3.8) is 0 Å². The first-order valence-corrected chi connectivity index (χ1v) is 11.2. The molecule has 0 amide bonds. The average Bonchev–Trinajstić information content (AvgIpc) is 3.57. The molecule has 0 spiro atoms. The molecule has 2 aliphatic heterocycles. The summed E-state index contributed by atoms with van der Waals surface area (Å²) in [6.07, 6.45) is 6.17. The van der Waals surface area contributed by atoms with E-state index in [1.807, 2.05) is 25.2 Å². The van der Waals surface area contributed by atoms with E-state index in [0.29, 0.717) is 18.8 Å². The molecule has 0 aromatic heterocycles. The Labute approximate surface area is 203 Å². The maximum atomic E-state index is 13.5. The first-order valence-electron chi connectivity index (χ1n) is 11.2.